The van der Waals surface area contributed by atoms with Gasteiger partial charge in [-0.3, -0.25) is 4.79 Å². The van der Waals surface area contributed by atoms with Gasteiger partial charge in [0.15, 0.2) is 0 Å². The van der Waals surface area contributed by atoms with Gasteiger partial charge in [-0.05, 0) is 37.2 Å². The number of carbonyl (C=O) groups is 1. The van der Waals surface area contributed by atoms with E-state index in [-0.39, 0.29) is 5.91 Å². The molecule has 1 fully saturated rings. The van der Waals surface area contributed by atoms with Gasteiger partial charge < -0.3 is 11.1 Å². The molecule has 1 aliphatic rings. The van der Waals surface area contributed by atoms with Gasteiger partial charge in [-0.15, -0.1) is 0 Å². The highest BCUT2D eigenvalue weighted by Crippen LogP contribution is 2.45. The van der Waals surface area contributed by atoms with E-state index < -0.39 is 5.41 Å². The van der Waals surface area contributed by atoms with E-state index in [1.54, 1.807) is 0 Å². The van der Waals surface area contributed by atoms with Gasteiger partial charge in [-0.1, -0.05) is 49.5 Å². The Morgan fingerprint density at radius 2 is 2.05 bits per heavy atom. The summed E-state index contributed by atoms with van der Waals surface area (Å²) >= 11 is 5.08. The van der Waals surface area contributed by atoms with E-state index in [9.17, 15) is 4.79 Å². The van der Waals surface area contributed by atoms with E-state index in [2.05, 4.69) is 24.4 Å². The van der Waals surface area contributed by atoms with Gasteiger partial charge in [0.1, 0.15) is 0 Å². The lowest BCUT2D eigenvalue weighted by atomic mass is 9.62. The fourth-order valence-corrected chi connectivity index (χ4v) is 3.20. The van der Waals surface area contributed by atoms with Crippen LogP contribution in [0.5, 0.6) is 0 Å². The molecule has 0 aliphatic heterocycles. The molecule has 0 radical (unpaired) electrons. The molecule has 0 bridgehead atoms. The lowest BCUT2D eigenvalue weighted by Crippen LogP contribution is -2.56. The predicted octanol–water partition coefficient (Wildman–Crippen LogP) is 2.44. The minimum atomic E-state index is -0.582. The number of thiocarbonyl (C=S) groups is 1. The zero-order valence-electron chi connectivity index (χ0n) is 11.9. The van der Waals surface area contributed by atoms with Crippen LogP contribution < -0.4 is 11.1 Å². The average molecular weight is 290 g/mol. The Morgan fingerprint density at radius 1 is 1.40 bits per heavy atom. The van der Waals surface area contributed by atoms with Crippen LogP contribution in [-0.2, 0) is 11.2 Å². The quantitative estimate of drug-likeness (QED) is 0.625. The Hall–Kier alpha value is -1.42. The Morgan fingerprint density at radius 3 is 2.60 bits per heavy atom. The van der Waals surface area contributed by atoms with E-state index in [1.165, 1.54) is 5.56 Å². The monoisotopic (exact) mass is 290 g/mol. The molecule has 0 aromatic heterocycles. The number of amides is 1. The summed E-state index contributed by atoms with van der Waals surface area (Å²) in [6.07, 6.45) is 3.47. The molecule has 3 nitrogen and oxygen atoms in total. The summed E-state index contributed by atoms with van der Waals surface area (Å²) in [5, 5.41) is 2.99. The minimum absolute atomic E-state index is 0.0103. The molecule has 1 aromatic carbocycles. The zero-order valence-corrected chi connectivity index (χ0v) is 12.7. The first-order chi connectivity index (χ1) is 9.54. The van der Waals surface area contributed by atoms with Crippen LogP contribution in [0, 0.1) is 11.3 Å². The van der Waals surface area contributed by atoms with Crippen LogP contribution in [0.15, 0.2) is 30.3 Å². The van der Waals surface area contributed by atoms with E-state index in [1.807, 2.05) is 18.2 Å². The second-order valence-electron chi connectivity index (χ2n) is 5.80. The summed E-state index contributed by atoms with van der Waals surface area (Å²) in [7, 11) is 0. The Labute approximate surface area is 125 Å². The lowest BCUT2D eigenvalue weighted by molar-refractivity contribution is -0.132. The molecule has 2 rings (SSSR count). The van der Waals surface area contributed by atoms with Gasteiger partial charge in [0.2, 0.25) is 5.91 Å². The number of hydrogen-bond donors (Lipinski definition) is 2. The molecule has 108 valence electrons. The molecule has 4 heteroatoms. The summed E-state index contributed by atoms with van der Waals surface area (Å²) in [5.41, 5.74) is 6.47. The fourth-order valence-electron chi connectivity index (χ4n) is 2.94. The number of nitrogens with two attached hydrogens (primary N) is 1. The van der Waals surface area contributed by atoms with E-state index in [0.717, 1.165) is 25.7 Å². The lowest BCUT2D eigenvalue weighted by Gasteiger charge is -2.44. The number of benzene rings is 1. The molecule has 0 saturated heterocycles. The zero-order chi connectivity index (χ0) is 14.6. The van der Waals surface area contributed by atoms with Crippen molar-refractivity contribution in [2.45, 2.75) is 32.6 Å². The average Bonchev–Trinajstić information content (AvgIpc) is 2.40. The first-order valence-electron chi connectivity index (χ1n) is 7.17. The minimum Gasteiger partial charge on any atom is -0.392 e. The third-order valence-corrected chi connectivity index (χ3v) is 4.46. The van der Waals surface area contributed by atoms with Crippen LogP contribution in [-0.4, -0.2) is 17.4 Å². The van der Waals surface area contributed by atoms with Crippen LogP contribution in [0.4, 0.5) is 0 Å². The van der Waals surface area contributed by atoms with Crippen molar-refractivity contribution >= 4 is 23.1 Å². The van der Waals surface area contributed by atoms with Crippen molar-refractivity contribution in [2.75, 3.05) is 6.54 Å². The van der Waals surface area contributed by atoms with E-state index >= 15 is 0 Å². The fraction of sp³-hybridized carbons (Fsp3) is 0.500. The largest absolute Gasteiger partial charge is 0.392 e. The molecular formula is C16H22N2OS. The molecule has 0 atom stereocenters. The molecule has 1 amide bonds. The Balaban J connectivity index is 1.76. The second-order valence-corrected chi connectivity index (χ2v) is 6.24. The topological polar surface area (TPSA) is 55.1 Å². The molecule has 1 aromatic rings. The maximum atomic E-state index is 12.3. The first-order valence-corrected chi connectivity index (χ1v) is 7.57. The number of nitrogens with one attached hydrogen (secondary N) is 1. The third kappa shape index (κ3) is 3.18. The van der Waals surface area contributed by atoms with Crippen molar-refractivity contribution in [1.82, 2.24) is 5.32 Å². The summed E-state index contributed by atoms with van der Waals surface area (Å²) in [5.74, 6) is 0.544. The maximum Gasteiger partial charge on any atom is 0.233 e. The van der Waals surface area contributed by atoms with Crippen molar-refractivity contribution in [3.8, 4) is 0 Å². The molecule has 20 heavy (non-hydrogen) atoms. The first kappa shape index (κ1) is 15.0. The third-order valence-electron chi connectivity index (χ3n) is 4.07. The maximum absolute atomic E-state index is 12.3. The highest BCUT2D eigenvalue weighted by atomic mass is 32.1. The summed E-state index contributed by atoms with van der Waals surface area (Å²) in [4.78, 5) is 12.6. The SMILES string of the molecule is CC1CC(C(=O)NCCCc2ccccc2)(C(N)=S)C1. The standard InChI is InChI=1S/C16H22N2OS/c1-12-10-16(11-12,14(17)20)15(19)18-9-5-8-13-6-3-2-4-7-13/h2-4,6-7,12H,5,8-11H2,1H3,(H2,17,20)(H,18,19). The van der Waals surface area contributed by atoms with Gasteiger partial charge in [-0.25, -0.2) is 0 Å². The van der Waals surface area contributed by atoms with Gasteiger partial charge in [0.05, 0.1) is 10.4 Å². The number of hydrogen-bond acceptors (Lipinski definition) is 2. The Bertz CT molecular complexity index is 481. The molecular weight excluding hydrogens is 268 g/mol. The van der Waals surface area contributed by atoms with Gasteiger partial charge in [0.25, 0.3) is 0 Å². The molecule has 0 spiro atoms. The van der Waals surface area contributed by atoms with Crippen molar-refractivity contribution in [1.29, 1.82) is 0 Å². The van der Waals surface area contributed by atoms with E-state index in [0.29, 0.717) is 17.5 Å². The Kier molecular flexibility index (Phi) is 4.76. The summed E-state index contributed by atoms with van der Waals surface area (Å²) < 4.78 is 0. The highest BCUT2D eigenvalue weighted by molar-refractivity contribution is 7.80. The van der Waals surface area contributed by atoms with Gasteiger partial charge in [-0.2, -0.15) is 0 Å². The number of rotatable bonds is 6. The van der Waals surface area contributed by atoms with E-state index in [4.69, 9.17) is 18.0 Å². The normalized spacial score (nSPS) is 24.8. The number of carbonyl (C=O) groups excluding carboxylic acids is 1. The predicted molar refractivity (Wildman–Crippen MR) is 85.4 cm³/mol. The van der Waals surface area contributed by atoms with Crippen molar-refractivity contribution in [3.05, 3.63) is 35.9 Å². The molecule has 1 aliphatic carbocycles. The van der Waals surface area contributed by atoms with Crippen LogP contribution in [0.2, 0.25) is 0 Å². The summed E-state index contributed by atoms with van der Waals surface area (Å²) in [6, 6.07) is 10.3. The number of aryl methyl sites for hydroxylation is 1. The van der Waals surface area contributed by atoms with Crippen LogP contribution in [0.3, 0.4) is 0 Å². The smallest absolute Gasteiger partial charge is 0.233 e. The molecule has 0 unspecified atom stereocenters. The molecule has 0 heterocycles. The second kappa shape index (κ2) is 6.35. The van der Waals surface area contributed by atoms with Crippen LogP contribution in [0.25, 0.3) is 0 Å². The van der Waals surface area contributed by atoms with Gasteiger partial charge in [0, 0.05) is 6.54 Å². The van der Waals surface area contributed by atoms with Crippen molar-refractivity contribution in [3.63, 3.8) is 0 Å². The molecule has 1 saturated carbocycles. The van der Waals surface area contributed by atoms with Crippen LogP contribution in [0.1, 0.15) is 31.7 Å². The summed E-state index contributed by atoms with van der Waals surface area (Å²) in [6.45, 7) is 2.80. The van der Waals surface area contributed by atoms with Crippen molar-refractivity contribution < 1.29 is 4.79 Å². The van der Waals surface area contributed by atoms with Crippen molar-refractivity contribution in [2.24, 2.45) is 17.1 Å². The molecule has 3 N–H and O–H groups in total. The van der Waals surface area contributed by atoms with Gasteiger partial charge >= 0.3 is 0 Å². The van der Waals surface area contributed by atoms with Crippen LogP contribution >= 0.6 is 12.2 Å². The highest BCUT2D eigenvalue weighted by Gasteiger charge is 2.50.